The lowest BCUT2D eigenvalue weighted by molar-refractivity contribution is 0.102. The van der Waals surface area contributed by atoms with Crippen molar-refractivity contribution in [3.63, 3.8) is 0 Å². The van der Waals surface area contributed by atoms with E-state index in [2.05, 4.69) is 51.2 Å². The number of hydrogen-bond acceptors (Lipinski definition) is 3. The van der Waals surface area contributed by atoms with Crippen LogP contribution in [-0.4, -0.2) is 20.0 Å². The first-order chi connectivity index (χ1) is 15.1. The lowest BCUT2D eigenvalue weighted by Crippen LogP contribution is -2.13. The van der Waals surface area contributed by atoms with Crippen LogP contribution in [0, 0.1) is 13.8 Å². The zero-order chi connectivity index (χ0) is 21.4. The Kier molecular flexibility index (Phi) is 5.24. The highest BCUT2D eigenvalue weighted by molar-refractivity contribution is 7.09. The molecule has 4 heterocycles. The Labute approximate surface area is 186 Å². The van der Waals surface area contributed by atoms with Crippen LogP contribution in [0.4, 0.5) is 5.69 Å². The van der Waals surface area contributed by atoms with Crippen molar-refractivity contribution in [2.75, 3.05) is 5.32 Å². The van der Waals surface area contributed by atoms with Crippen LogP contribution in [-0.2, 0) is 19.5 Å². The van der Waals surface area contributed by atoms with E-state index in [4.69, 9.17) is 4.98 Å². The third-order valence-electron chi connectivity index (χ3n) is 6.04. The van der Waals surface area contributed by atoms with Crippen LogP contribution in [0.5, 0.6) is 0 Å². The molecule has 5 rings (SSSR count). The highest BCUT2D eigenvalue weighted by atomic mass is 32.1. The Bertz CT molecular complexity index is 1210. The van der Waals surface area contributed by atoms with Crippen molar-refractivity contribution in [2.45, 2.75) is 46.2 Å². The minimum absolute atomic E-state index is 0.0770. The van der Waals surface area contributed by atoms with E-state index in [1.807, 2.05) is 31.2 Å². The van der Waals surface area contributed by atoms with Gasteiger partial charge in [-0.05, 0) is 56.3 Å². The number of hydrogen-bond donors (Lipinski definition) is 1. The summed E-state index contributed by atoms with van der Waals surface area (Å²) in [7, 11) is 0. The van der Waals surface area contributed by atoms with Crippen LogP contribution < -0.4 is 5.32 Å². The largest absolute Gasteiger partial charge is 0.343 e. The van der Waals surface area contributed by atoms with Gasteiger partial charge in [0.05, 0.1) is 17.8 Å². The molecule has 6 heteroatoms. The van der Waals surface area contributed by atoms with Gasteiger partial charge in [-0.1, -0.05) is 18.2 Å². The molecule has 1 N–H and O–H groups in total. The summed E-state index contributed by atoms with van der Waals surface area (Å²) in [5.41, 5.74) is 5.59. The van der Waals surface area contributed by atoms with Gasteiger partial charge in [-0.3, -0.25) is 4.79 Å². The van der Waals surface area contributed by atoms with E-state index in [0.29, 0.717) is 0 Å². The van der Waals surface area contributed by atoms with E-state index in [9.17, 15) is 4.79 Å². The molecule has 0 radical (unpaired) electrons. The summed E-state index contributed by atoms with van der Waals surface area (Å²) < 4.78 is 4.46. The van der Waals surface area contributed by atoms with E-state index < -0.39 is 0 Å². The van der Waals surface area contributed by atoms with Crippen molar-refractivity contribution in [3.05, 3.63) is 81.7 Å². The molecule has 0 bridgehead atoms. The van der Waals surface area contributed by atoms with Gasteiger partial charge in [0, 0.05) is 46.7 Å². The molecular formula is C25H26N4OS. The van der Waals surface area contributed by atoms with Gasteiger partial charge in [0.15, 0.2) is 0 Å². The maximum absolute atomic E-state index is 13.1. The Balaban J connectivity index is 1.36. The molecule has 0 atom stereocenters. The number of thiophene rings is 1. The Morgan fingerprint density at radius 1 is 1.16 bits per heavy atom. The summed E-state index contributed by atoms with van der Waals surface area (Å²) in [6.07, 6.45) is 5.59. The maximum Gasteiger partial charge on any atom is 0.257 e. The summed E-state index contributed by atoms with van der Waals surface area (Å²) in [5.74, 6) is 1.08. The third-order valence-corrected chi connectivity index (χ3v) is 6.90. The van der Waals surface area contributed by atoms with Crippen LogP contribution >= 0.6 is 11.3 Å². The number of nitrogens with zero attached hydrogens (tertiary/aromatic N) is 3. The first-order valence-electron chi connectivity index (χ1n) is 10.8. The molecule has 4 aromatic rings. The van der Waals surface area contributed by atoms with Crippen LogP contribution in [0.1, 0.15) is 45.3 Å². The fraction of sp³-hybridized carbons (Fsp3) is 0.280. The van der Waals surface area contributed by atoms with Crippen LogP contribution in [0.3, 0.4) is 0 Å². The van der Waals surface area contributed by atoms with E-state index in [-0.39, 0.29) is 5.91 Å². The van der Waals surface area contributed by atoms with Crippen molar-refractivity contribution >= 4 is 22.9 Å². The van der Waals surface area contributed by atoms with Gasteiger partial charge in [-0.2, -0.15) is 0 Å². The number of nitrogens with one attached hydrogen (secondary N) is 1. The van der Waals surface area contributed by atoms with E-state index in [1.54, 1.807) is 11.3 Å². The predicted molar refractivity (Wildman–Crippen MR) is 126 cm³/mol. The summed E-state index contributed by atoms with van der Waals surface area (Å²) in [5, 5.41) is 5.17. The number of anilines is 1. The summed E-state index contributed by atoms with van der Waals surface area (Å²) in [6.45, 7) is 5.91. The molecule has 158 valence electrons. The average Bonchev–Trinajstić information content (AvgIpc) is 3.50. The van der Waals surface area contributed by atoms with Crippen molar-refractivity contribution in [2.24, 2.45) is 0 Å². The van der Waals surface area contributed by atoms with Gasteiger partial charge < -0.3 is 14.5 Å². The lowest BCUT2D eigenvalue weighted by atomic mass is 10.1. The van der Waals surface area contributed by atoms with E-state index >= 15 is 0 Å². The molecular weight excluding hydrogens is 404 g/mol. The van der Waals surface area contributed by atoms with Crippen molar-refractivity contribution in [1.82, 2.24) is 14.1 Å². The van der Waals surface area contributed by atoms with Gasteiger partial charge in [0.25, 0.3) is 5.91 Å². The number of aromatic nitrogens is 3. The van der Waals surface area contributed by atoms with Gasteiger partial charge in [-0.25, -0.2) is 4.98 Å². The summed E-state index contributed by atoms with van der Waals surface area (Å²) in [4.78, 5) is 19.2. The molecule has 0 aliphatic carbocycles. The highest BCUT2D eigenvalue weighted by Crippen LogP contribution is 2.26. The minimum Gasteiger partial charge on any atom is -0.343 e. The molecule has 1 amide bonds. The average molecular weight is 431 g/mol. The number of rotatable bonds is 5. The molecule has 5 nitrogen and oxygen atoms in total. The second-order valence-corrected chi connectivity index (χ2v) is 9.21. The van der Waals surface area contributed by atoms with Crippen LogP contribution in [0.2, 0.25) is 0 Å². The Hall–Kier alpha value is -3.12. The van der Waals surface area contributed by atoms with Crippen molar-refractivity contribution in [1.29, 1.82) is 0 Å². The molecule has 31 heavy (non-hydrogen) atoms. The van der Waals surface area contributed by atoms with Gasteiger partial charge in [0.1, 0.15) is 5.82 Å². The number of carbonyl (C=O) groups excluding carboxylic acids is 1. The molecule has 0 spiro atoms. The van der Waals surface area contributed by atoms with Crippen LogP contribution in [0.25, 0.3) is 11.3 Å². The molecule has 0 unspecified atom stereocenters. The van der Waals surface area contributed by atoms with E-state index in [1.165, 1.54) is 17.7 Å². The summed E-state index contributed by atoms with van der Waals surface area (Å²) >= 11 is 1.74. The molecule has 1 aromatic carbocycles. The quantitative estimate of drug-likeness (QED) is 0.444. The zero-order valence-electron chi connectivity index (χ0n) is 17.9. The fourth-order valence-corrected chi connectivity index (χ4v) is 5.03. The normalized spacial score (nSPS) is 13.2. The molecule has 0 saturated heterocycles. The molecule has 0 fully saturated rings. The topological polar surface area (TPSA) is 51.9 Å². The van der Waals surface area contributed by atoms with Crippen molar-refractivity contribution in [3.8, 4) is 11.3 Å². The third kappa shape index (κ3) is 3.95. The number of imidazole rings is 1. The lowest BCUT2D eigenvalue weighted by Gasteiger charge is -2.11. The monoisotopic (exact) mass is 430 g/mol. The SMILES string of the molecule is Cc1cc(C(=O)Nc2cccc(-c3cn4c(n3)CCCC4)c2)c(C)n1Cc1cccs1. The molecule has 1 aliphatic rings. The first-order valence-corrected chi connectivity index (χ1v) is 11.6. The highest BCUT2D eigenvalue weighted by Gasteiger charge is 2.17. The number of fused-ring (bicyclic) bond motifs is 1. The smallest absolute Gasteiger partial charge is 0.257 e. The second kappa shape index (κ2) is 8.19. The Morgan fingerprint density at radius 3 is 2.87 bits per heavy atom. The predicted octanol–water partition coefficient (Wildman–Crippen LogP) is 5.67. The molecule has 3 aromatic heterocycles. The van der Waals surface area contributed by atoms with E-state index in [0.717, 1.165) is 59.2 Å². The van der Waals surface area contributed by atoms with Crippen LogP contribution in [0.15, 0.2) is 54.0 Å². The van der Waals surface area contributed by atoms with Gasteiger partial charge in [-0.15, -0.1) is 11.3 Å². The first kappa shape index (κ1) is 19.8. The number of amides is 1. The standard InChI is InChI=1S/C25H26N4OS/c1-17-13-22(18(2)29(17)15-21-9-6-12-31-21)25(30)26-20-8-5-7-19(14-20)23-16-28-11-4-3-10-24(28)27-23/h5-9,12-14,16H,3-4,10-11,15H2,1-2H3,(H,26,30). The molecule has 0 saturated carbocycles. The number of benzene rings is 1. The van der Waals surface area contributed by atoms with Crippen molar-refractivity contribution < 1.29 is 4.79 Å². The number of carbonyl (C=O) groups is 1. The Morgan fingerprint density at radius 2 is 2.06 bits per heavy atom. The van der Waals surface area contributed by atoms with Gasteiger partial charge >= 0.3 is 0 Å². The minimum atomic E-state index is -0.0770. The maximum atomic E-state index is 13.1. The second-order valence-electron chi connectivity index (χ2n) is 8.18. The summed E-state index contributed by atoms with van der Waals surface area (Å²) in [6, 6.07) is 14.1. The molecule has 1 aliphatic heterocycles. The number of aryl methyl sites for hydroxylation is 3. The zero-order valence-corrected chi connectivity index (χ0v) is 18.7. The fourth-order valence-electron chi connectivity index (χ4n) is 4.34. The van der Waals surface area contributed by atoms with Gasteiger partial charge in [0.2, 0.25) is 0 Å².